The molecule has 28 heavy (non-hydrogen) atoms. The Morgan fingerprint density at radius 3 is 2.57 bits per heavy atom. The second kappa shape index (κ2) is 6.53. The molecule has 0 unspecified atom stereocenters. The highest BCUT2D eigenvalue weighted by Gasteiger charge is 2.20. The lowest BCUT2D eigenvalue weighted by molar-refractivity contribution is 0.432. The maximum atomic E-state index is 13.1. The predicted octanol–water partition coefficient (Wildman–Crippen LogP) is 3.35. The van der Waals surface area contributed by atoms with Gasteiger partial charge < -0.3 is 20.5 Å². The highest BCUT2D eigenvalue weighted by atomic mass is 19.1. The van der Waals surface area contributed by atoms with Crippen molar-refractivity contribution in [2.24, 2.45) is 12.8 Å². The van der Waals surface area contributed by atoms with Gasteiger partial charge in [-0.1, -0.05) is 12.1 Å². The van der Waals surface area contributed by atoms with E-state index in [0.29, 0.717) is 28.1 Å². The van der Waals surface area contributed by atoms with Crippen molar-refractivity contribution in [2.45, 2.75) is 12.8 Å². The molecular formula is C21H19FN4O2. The lowest BCUT2D eigenvalue weighted by Crippen LogP contribution is -2.13. The molecule has 0 fully saturated rings. The molecule has 0 bridgehead atoms. The first-order chi connectivity index (χ1) is 13.3. The third kappa shape index (κ3) is 2.90. The lowest BCUT2D eigenvalue weighted by atomic mass is 9.96. The van der Waals surface area contributed by atoms with Gasteiger partial charge in [0.15, 0.2) is 5.75 Å². The van der Waals surface area contributed by atoms with Crippen LogP contribution >= 0.6 is 0 Å². The number of pyridine rings is 1. The van der Waals surface area contributed by atoms with Gasteiger partial charge in [-0.25, -0.2) is 4.39 Å². The second-order valence-corrected chi connectivity index (χ2v) is 6.92. The van der Waals surface area contributed by atoms with E-state index in [-0.39, 0.29) is 29.7 Å². The smallest absolute Gasteiger partial charge is 0.202 e. The number of amidine groups is 1. The summed E-state index contributed by atoms with van der Waals surface area (Å²) in [7, 11) is 1.67. The van der Waals surface area contributed by atoms with E-state index in [2.05, 4.69) is 4.98 Å². The average molecular weight is 378 g/mol. The van der Waals surface area contributed by atoms with Crippen LogP contribution in [0.4, 0.5) is 4.39 Å². The molecule has 2 aromatic carbocycles. The molecule has 0 aliphatic rings. The summed E-state index contributed by atoms with van der Waals surface area (Å²) in [6, 6.07) is 8.14. The minimum atomic E-state index is -0.291. The van der Waals surface area contributed by atoms with Gasteiger partial charge in [-0.2, -0.15) is 0 Å². The topological polar surface area (TPSA) is 108 Å². The predicted molar refractivity (Wildman–Crippen MR) is 106 cm³/mol. The van der Waals surface area contributed by atoms with Crippen molar-refractivity contribution < 1.29 is 14.6 Å². The molecule has 0 atom stereocenters. The molecular weight excluding hydrogens is 359 g/mol. The van der Waals surface area contributed by atoms with E-state index in [9.17, 15) is 14.6 Å². The fourth-order valence-electron chi connectivity index (χ4n) is 3.58. The number of nitrogens with two attached hydrogens (primary N) is 1. The first kappa shape index (κ1) is 17.8. The van der Waals surface area contributed by atoms with Gasteiger partial charge in [0.2, 0.25) is 5.88 Å². The van der Waals surface area contributed by atoms with Gasteiger partial charge in [0.05, 0.1) is 11.2 Å². The highest BCUT2D eigenvalue weighted by molar-refractivity contribution is 6.10. The Kier molecular flexibility index (Phi) is 4.15. The Bertz CT molecular complexity index is 1230. The molecule has 4 rings (SSSR count). The summed E-state index contributed by atoms with van der Waals surface area (Å²) in [5.41, 5.74) is 8.53. The molecule has 0 spiro atoms. The molecule has 0 aliphatic carbocycles. The van der Waals surface area contributed by atoms with Gasteiger partial charge in [0.25, 0.3) is 0 Å². The van der Waals surface area contributed by atoms with Crippen molar-refractivity contribution >= 4 is 27.5 Å². The van der Waals surface area contributed by atoms with Gasteiger partial charge in [-0.05, 0) is 41.3 Å². The molecule has 6 nitrogen and oxygen atoms in total. The summed E-state index contributed by atoms with van der Waals surface area (Å²) < 4.78 is 14.6. The number of hydrogen-bond donors (Lipinski definition) is 4. The van der Waals surface area contributed by atoms with Crippen molar-refractivity contribution in [2.75, 3.05) is 0 Å². The molecule has 4 aromatic rings. The zero-order chi connectivity index (χ0) is 20.0. The number of hydrogen-bond acceptors (Lipinski definition) is 4. The zero-order valence-electron chi connectivity index (χ0n) is 15.2. The Labute approximate surface area is 160 Å². The van der Waals surface area contributed by atoms with Gasteiger partial charge in [-0.15, -0.1) is 0 Å². The van der Waals surface area contributed by atoms with E-state index in [1.807, 2.05) is 6.07 Å². The fourth-order valence-corrected chi connectivity index (χ4v) is 3.58. The van der Waals surface area contributed by atoms with Crippen molar-refractivity contribution in [3.63, 3.8) is 0 Å². The Morgan fingerprint density at radius 1 is 1.18 bits per heavy atom. The van der Waals surface area contributed by atoms with Crippen LogP contribution in [0.25, 0.3) is 21.7 Å². The number of rotatable bonds is 4. The molecule has 0 saturated carbocycles. The van der Waals surface area contributed by atoms with Crippen LogP contribution in [0.2, 0.25) is 0 Å². The van der Waals surface area contributed by atoms with Crippen molar-refractivity contribution in [1.29, 1.82) is 5.41 Å². The zero-order valence-corrected chi connectivity index (χ0v) is 15.2. The van der Waals surface area contributed by atoms with E-state index in [1.54, 1.807) is 31.6 Å². The number of nitrogens with zero attached hydrogens (tertiary/aromatic N) is 2. The Morgan fingerprint density at radius 2 is 1.89 bits per heavy atom. The van der Waals surface area contributed by atoms with Crippen LogP contribution in [-0.2, 0) is 19.9 Å². The van der Waals surface area contributed by atoms with Crippen molar-refractivity contribution in [1.82, 2.24) is 9.55 Å². The molecule has 0 saturated heterocycles. The summed E-state index contributed by atoms with van der Waals surface area (Å²) in [5.74, 6) is -0.499. The third-order valence-electron chi connectivity index (χ3n) is 4.89. The third-order valence-corrected chi connectivity index (χ3v) is 4.89. The number of aromatic nitrogens is 2. The standard InChI is InChI=1S/C21H19FN4O2/c1-26-10-16-14(8-17(23)24)15-7-12(6-11-2-4-13(22)5-3-11)9-25-19(15)20(27)18(16)21(26)28/h2-5,7,9-10,27-28H,6,8H2,1H3,(H3,23,24). The van der Waals surface area contributed by atoms with Gasteiger partial charge in [0.1, 0.15) is 11.3 Å². The lowest BCUT2D eigenvalue weighted by Gasteiger charge is -2.12. The van der Waals surface area contributed by atoms with E-state index in [0.717, 1.165) is 16.7 Å². The average Bonchev–Trinajstić information content (AvgIpc) is 2.95. The van der Waals surface area contributed by atoms with Gasteiger partial charge in [-0.3, -0.25) is 10.4 Å². The molecule has 0 radical (unpaired) electrons. The second-order valence-electron chi connectivity index (χ2n) is 6.92. The number of aromatic hydroxyl groups is 2. The molecule has 0 aliphatic heterocycles. The summed E-state index contributed by atoms with van der Waals surface area (Å²) >= 11 is 0. The molecule has 0 amide bonds. The van der Waals surface area contributed by atoms with Crippen LogP contribution in [0.3, 0.4) is 0 Å². The van der Waals surface area contributed by atoms with E-state index < -0.39 is 0 Å². The van der Waals surface area contributed by atoms with Crippen LogP contribution < -0.4 is 5.73 Å². The number of fused-ring (bicyclic) bond motifs is 2. The first-order valence-corrected chi connectivity index (χ1v) is 8.73. The monoisotopic (exact) mass is 378 g/mol. The van der Waals surface area contributed by atoms with Crippen molar-refractivity contribution in [3.8, 4) is 11.6 Å². The number of phenolic OH excluding ortho intramolecular Hbond substituents is 1. The van der Waals surface area contributed by atoms with Crippen LogP contribution in [-0.4, -0.2) is 25.6 Å². The number of benzene rings is 2. The maximum Gasteiger partial charge on any atom is 0.202 e. The SMILES string of the molecule is Cn1cc2c(CC(=N)N)c3cc(Cc4ccc(F)cc4)cnc3c(O)c2c1O. The minimum Gasteiger partial charge on any atom is -0.505 e. The largest absolute Gasteiger partial charge is 0.505 e. The summed E-state index contributed by atoms with van der Waals surface area (Å²) in [6.07, 6.45) is 4.06. The minimum absolute atomic E-state index is 0.0272. The highest BCUT2D eigenvalue weighted by Crippen LogP contribution is 2.42. The Hall–Kier alpha value is -3.61. The number of aryl methyl sites for hydroxylation is 1. The van der Waals surface area contributed by atoms with Crippen LogP contribution in [0, 0.1) is 11.2 Å². The molecule has 2 heterocycles. The molecule has 7 heteroatoms. The summed E-state index contributed by atoms with van der Waals surface area (Å²) in [4.78, 5) is 4.41. The quantitative estimate of drug-likeness (QED) is 0.323. The molecule has 2 aromatic heterocycles. The van der Waals surface area contributed by atoms with E-state index in [4.69, 9.17) is 11.1 Å². The number of nitrogens with one attached hydrogen (secondary N) is 1. The molecule has 5 N–H and O–H groups in total. The number of halogens is 1. The van der Waals surface area contributed by atoms with Gasteiger partial charge >= 0.3 is 0 Å². The summed E-state index contributed by atoms with van der Waals surface area (Å²) in [6.45, 7) is 0. The van der Waals surface area contributed by atoms with Crippen LogP contribution in [0.1, 0.15) is 16.7 Å². The Balaban J connectivity index is 1.94. The van der Waals surface area contributed by atoms with Crippen LogP contribution in [0.5, 0.6) is 11.6 Å². The first-order valence-electron chi connectivity index (χ1n) is 8.73. The number of phenols is 1. The summed E-state index contributed by atoms with van der Waals surface area (Å²) in [5, 5.41) is 30.4. The van der Waals surface area contributed by atoms with Gasteiger partial charge in [0, 0.05) is 36.6 Å². The molecule has 142 valence electrons. The van der Waals surface area contributed by atoms with Crippen LogP contribution in [0.15, 0.2) is 42.7 Å². The fraction of sp³-hybridized carbons (Fsp3) is 0.143. The maximum absolute atomic E-state index is 13.1. The van der Waals surface area contributed by atoms with E-state index in [1.165, 1.54) is 16.7 Å². The van der Waals surface area contributed by atoms with Crippen molar-refractivity contribution in [3.05, 3.63) is 65.2 Å². The van der Waals surface area contributed by atoms with E-state index >= 15 is 0 Å². The normalized spacial score (nSPS) is 11.4.